The number of alkyl halides is 3. The molecule has 0 unspecified atom stereocenters. The van der Waals surface area contributed by atoms with Crippen molar-refractivity contribution in [1.29, 1.82) is 0 Å². The zero-order valence-electron chi connectivity index (χ0n) is 17.5. The number of hydrogen-bond donors (Lipinski definition) is 1. The van der Waals surface area contributed by atoms with E-state index in [1.54, 1.807) is 19.9 Å². The first kappa shape index (κ1) is 24.3. The van der Waals surface area contributed by atoms with Gasteiger partial charge in [0.25, 0.3) is 5.91 Å². The molecule has 0 fully saturated rings. The fourth-order valence-electron chi connectivity index (χ4n) is 2.88. The zero-order valence-corrected chi connectivity index (χ0v) is 19.1. The van der Waals surface area contributed by atoms with Gasteiger partial charge in [-0.05, 0) is 71.2 Å². The highest BCUT2D eigenvalue weighted by molar-refractivity contribution is 9.10. The number of carbonyl (C=O) groups excluding carboxylic acids is 1. The normalized spacial score (nSPS) is 11.2. The summed E-state index contributed by atoms with van der Waals surface area (Å²) in [6, 6.07) is 7.28. The fourth-order valence-corrected chi connectivity index (χ4v) is 3.21. The van der Waals surface area contributed by atoms with Crippen LogP contribution in [-0.4, -0.2) is 24.4 Å². The Morgan fingerprint density at radius 3 is 2.45 bits per heavy atom. The van der Waals surface area contributed by atoms with Crippen LogP contribution in [0.15, 0.2) is 47.2 Å². The number of methoxy groups -OCH3 is 1. The second-order valence-electron chi connectivity index (χ2n) is 6.86. The summed E-state index contributed by atoms with van der Waals surface area (Å²) >= 11 is 3.21. The van der Waals surface area contributed by atoms with Crippen LogP contribution < -0.4 is 19.5 Å². The molecule has 1 heterocycles. The van der Waals surface area contributed by atoms with Gasteiger partial charge in [-0.1, -0.05) is 0 Å². The number of rotatable bonds is 6. The van der Waals surface area contributed by atoms with Gasteiger partial charge in [0.15, 0.2) is 11.5 Å². The summed E-state index contributed by atoms with van der Waals surface area (Å²) < 4.78 is 67.5. The van der Waals surface area contributed by atoms with E-state index in [1.807, 2.05) is 0 Å². The smallest absolute Gasteiger partial charge is 0.493 e. The Morgan fingerprint density at radius 2 is 1.79 bits per heavy atom. The molecule has 0 aliphatic carbocycles. The monoisotopic (exact) mass is 528 g/mol. The summed E-state index contributed by atoms with van der Waals surface area (Å²) in [6.07, 6.45) is -3.36. The van der Waals surface area contributed by atoms with E-state index in [0.717, 1.165) is 24.3 Å². The van der Waals surface area contributed by atoms with Crippen LogP contribution in [0.1, 0.15) is 21.5 Å². The minimum Gasteiger partial charge on any atom is -0.493 e. The Hall–Kier alpha value is -3.34. The summed E-state index contributed by atoms with van der Waals surface area (Å²) in [7, 11) is 1.22. The first-order valence-corrected chi connectivity index (χ1v) is 10.1. The van der Waals surface area contributed by atoms with Crippen LogP contribution in [0.5, 0.6) is 23.0 Å². The van der Waals surface area contributed by atoms with E-state index in [2.05, 4.69) is 31.0 Å². The number of aryl methyl sites for hydroxylation is 2. The van der Waals surface area contributed by atoms with Crippen molar-refractivity contribution >= 4 is 27.5 Å². The number of nitrogens with zero attached hydrogens (tertiary/aromatic N) is 1. The van der Waals surface area contributed by atoms with Crippen molar-refractivity contribution < 1.29 is 36.6 Å². The van der Waals surface area contributed by atoms with E-state index in [0.29, 0.717) is 21.4 Å². The lowest BCUT2D eigenvalue weighted by atomic mass is 10.1. The van der Waals surface area contributed by atoms with Gasteiger partial charge in [0.2, 0.25) is 0 Å². The number of ether oxygens (including phenoxy) is 3. The van der Waals surface area contributed by atoms with E-state index in [-0.39, 0.29) is 17.2 Å². The van der Waals surface area contributed by atoms with Crippen molar-refractivity contribution in [3.05, 3.63) is 69.7 Å². The molecule has 1 amide bonds. The molecule has 33 heavy (non-hydrogen) atoms. The van der Waals surface area contributed by atoms with Crippen LogP contribution in [0.3, 0.4) is 0 Å². The van der Waals surface area contributed by atoms with Crippen molar-refractivity contribution in [1.82, 2.24) is 4.98 Å². The third-order valence-electron chi connectivity index (χ3n) is 4.33. The van der Waals surface area contributed by atoms with Crippen LogP contribution in [0.2, 0.25) is 0 Å². The number of aromatic nitrogens is 1. The predicted octanol–water partition coefficient (Wildman–Crippen LogP) is 6.55. The van der Waals surface area contributed by atoms with Crippen molar-refractivity contribution in [3.8, 4) is 23.0 Å². The number of nitrogens with one attached hydrogen (secondary N) is 1. The number of amides is 1. The lowest BCUT2D eigenvalue weighted by Crippen LogP contribution is -2.17. The number of benzene rings is 2. The summed E-state index contributed by atoms with van der Waals surface area (Å²) in [5, 5.41) is 2.61. The largest absolute Gasteiger partial charge is 0.573 e. The molecule has 0 spiro atoms. The molecule has 6 nitrogen and oxygen atoms in total. The molecule has 0 aliphatic rings. The molecule has 1 N–H and O–H groups in total. The van der Waals surface area contributed by atoms with Crippen molar-refractivity contribution in [2.75, 3.05) is 12.4 Å². The molecule has 0 radical (unpaired) electrons. The van der Waals surface area contributed by atoms with Gasteiger partial charge in [-0.3, -0.25) is 4.79 Å². The van der Waals surface area contributed by atoms with Gasteiger partial charge < -0.3 is 19.5 Å². The molecule has 11 heteroatoms. The van der Waals surface area contributed by atoms with Crippen molar-refractivity contribution in [2.45, 2.75) is 20.2 Å². The van der Waals surface area contributed by atoms with Gasteiger partial charge in [0, 0.05) is 18.0 Å². The SMILES string of the molecule is COc1cc(OC(F)(F)F)ccc1Oc1cc(C)cc(F)c1C(=O)Nc1cc(Br)ncc1C. The summed E-state index contributed by atoms with van der Waals surface area (Å²) in [6.45, 7) is 3.31. The van der Waals surface area contributed by atoms with Gasteiger partial charge in [-0.2, -0.15) is 0 Å². The fraction of sp³-hybridized carbons (Fsp3) is 0.182. The van der Waals surface area contributed by atoms with Gasteiger partial charge in [-0.25, -0.2) is 9.37 Å². The number of carbonyl (C=O) groups is 1. The molecular weight excluding hydrogens is 512 g/mol. The summed E-state index contributed by atoms with van der Waals surface area (Å²) in [5.41, 5.74) is 1.10. The van der Waals surface area contributed by atoms with Gasteiger partial charge >= 0.3 is 6.36 Å². The molecule has 0 saturated heterocycles. The quantitative estimate of drug-likeness (QED) is 0.290. The highest BCUT2D eigenvalue weighted by Gasteiger charge is 2.31. The second-order valence-corrected chi connectivity index (χ2v) is 7.67. The molecule has 0 atom stereocenters. The minimum atomic E-state index is -4.89. The second kappa shape index (κ2) is 9.65. The lowest BCUT2D eigenvalue weighted by molar-refractivity contribution is -0.274. The molecule has 1 aromatic heterocycles. The van der Waals surface area contributed by atoms with Gasteiger partial charge in [0.05, 0.1) is 7.11 Å². The number of pyridine rings is 1. The highest BCUT2D eigenvalue weighted by Crippen LogP contribution is 2.38. The molecule has 3 aromatic rings. The first-order valence-electron chi connectivity index (χ1n) is 9.32. The average molecular weight is 529 g/mol. The van der Waals surface area contributed by atoms with E-state index in [1.165, 1.54) is 19.4 Å². The first-order chi connectivity index (χ1) is 15.5. The van der Waals surface area contributed by atoms with Crippen LogP contribution in [0.4, 0.5) is 23.2 Å². The molecule has 3 rings (SSSR count). The molecule has 174 valence electrons. The molecule has 0 bridgehead atoms. The Bertz CT molecular complexity index is 1200. The molecule has 0 saturated carbocycles. The van der Waals surface area contributed by atoms with Gasteiger partial charge in [0.1, 0.15) is 27.5 Å². The van der Waals surface area contributed by atoms with E-state index in [9.17, 15) is 22.4 Å². The highest BCUT2D eigenvalue weighted by atomic mass is 79.9. The Kier molecular flexibility index (Phi) is 7.11. The topological polar surface area (TPSA) is 69.7 Å². The van der Waals surface area contributed by atoms with E-state index < -0.39 is 29.4 Å². The average Bonchev–Trinajstić information content (AvgIpc) is 2.70. The molecule has 2 aromatic carbocycles. The van der Waals surface area contributed by atoms with Crippen molar-refractivity contribution in [2.24, 2.45) is 0 Å². The van der Waals surface area contributed by atoms with Crippen molar-refractivity contribution in [3.63, 3.8) is 0 Å². The number of anilines is 1. The maximum absolute atomic E-state index is 14.8. The van der Waals surface area contributed by atoms with Gasteiger partial charge in [-0.15, -0.1) is 13.2 Å². The van der Waals surface area contributed by atoms with Crippen LogP contribution in [-0.2, 0) is 0 Å². The number of hydrogen-bond acceptors (Lipinski definition) is 5. The molecular formula is C22H17BrF4N2O4. The Balaban J connectivity index is 1.97. The summed E-state index contributed by atoms with van der Waals surface area (Å²) in [4.78, 5) is 17.0. The molecule has 0 aliphatic heterocycles. The van der Waals surface area contributed by atoms with Crippen LogP contribution in [0, 0.1) is 19.7 Å². The third-order valence-corrected chi connectivity index (χ3v) is 4.77. The van der Waals surface area contributed by atoms with E-state index >= 15 is 0 Å². The summed E-state index contributed by atoms with van der Waals surface area (Å²) in [5.74, 6) is -2.48. The maximum atomic E-state index is 14.8. The Morgan fingerprint density at radius 1 is 1.06 bits per heavy atom. The van der Waals surface area contributed by atoms with Crippen LogP contribution >= 0.6 is 15.9 Å². The third kappa shape index (κ3) is 6.13. The maximum Gasteiger partial charge on any atom is 0.573 e. The zero-order chi connectivity index (χ0) is 24.3. The minimum absolute atomic E-state index is 0.0473. The lowest BCUT2D eigenvalue weighted by Gasteiger charge is -2.17. The van der Waals surface area contributed by atoms with Crippen LogP contribution in [0.25, 0.3) is 0 Å². The Labute approximate surface area is 194 Å². The van der Waals surface area contributed by atoms with E-state index in [4.69, 9.17) is 9.47 Å². The standard InChI is InChI=1S/C22H17BrF4N2O4/c1-11-6-14(24)20(21(30)29-15-9-19(23)28-10-12(15)2)18(7-11)32-16-5-4-13(8-17(16)31-3)33-22(25,26)27/h4-10H,1-3H3,(H,28,29,30). The predicted molar refractivity (Wildman–Crippen MR) is 116 cm³/mol. The number of halogens is 5.